The molecule has 6 aliphatic rings. The Morgan fingerprint density at radius 1 is 0.382 bits per heavy atom. The van der Waals surface area contributed by atoms with Crippen LogP contribution in [0.5, 0.6) is 0 Å². The van der Waals surface area contributed by atoms with E-state index in [1.165, 1.54) is 59.8 Å². The highest BCUT2D eigenvalue weighted by Gasteiger charge is 2.42. The smallest absolute Gasteiger partial charge is 0.263 e. The average molecular weight is 2070 g/mol. The number of anilines is 15. The highest BCUT2D eigenvalue weighted by Crippen LogP contribution is 2.44. The second-order valence-electron chi connectivity index (χ2n) is 35.4. The fourth-order valence-electron chi connectivity index (χ4n) is 18.6. The van der Waals surface area contributed by atoms with Gasteiger partial charge in [0.1, 0.15) is 33.6 Å². The van der Waals surface area contributed by atoms with E-state index < -0.39 is 17.7 Å². The van der Waals surface area contributed by atoms with Crippen molar-refractivity contribution in [3.63, 3.8) is 0 Å². The topological polar surface area (TPSA) is 555 Å². The highest BCUT2D eigenvalue weighted by atomic mass is 35.5. The number of pyridine rings is 5. The maximum absolute atomic E-state index is 13.1. The molecule has 52 heteroatoms. The Bertz CT molecular complexity index is 7450. The number of piperidine rings is 2. The van der Waals surface area contributed by atoms with Gasteiger partial charge in [0.15, 0.2) is 57.3 Å². The lowest BCUT2D eigenvalue weighted by atomic mass is 9.96. The first-order chi connectivity index (χ1) is 69.5. The molecule has 5 saturated heterocycles. The molecule has 0 aromatic carbocycles. The molecule has 16 aromatic rings. The summed E-state index contributed by atoms with van der Waals surface area (Å²) in [7, 11) is 8.41. The molecule has 16 N–H and O–H groups in total. The van der Waals surface area contributed by atoms with Gasteiger partial charge in [-0.15, -0.1) is 25.5 Å². The van der Waals surface area contributed by atoms with Crippen molar-refractivity contribution in [2.75, 3.05) is 186 Å². The summed E-state index contributed by atoms with van der Waals surface area (Å²) in [5.74, 6) is 0.0116. The number of nitrogens with zero attached hydrogens (tertiary/aromatic N) is 30. The van der Waals surface area contributed by atoms with Gasteiger partial charge in [0.2, 0.25) is 0 Å². The number of aliphatic hydroxyl groups is 1. The number of carbonyl (C=O) groups excluding carboxylic acids is 5. The van der Waals surface area contributed by atoms with Crippen molar-refractivity contribution < 1.29 is 29.1 Å². The van der Waals surface area contributed by atoms with Crippen LogP contribution >= 0.6 is 69.6 Å². The lowest BCUT2D eigenvalue weighted by Crippen LogP contribution is -2.45. The quantitative estimate of drug-likeness (QED) is 0.0403. The van der Waals surface area contributed by atoms with Gasteiger partial charge < -0.3 is 104 Å². The molecule has 746 valence electrons. The molecular formula is C92H100Cl6N40O6. The SMILES string of the molecule is CN(C)CC1CCN(c2ccncc2NC(=O)c2c(N)nn3cc(Cl)cnc23)CC1.CN1CCCN(c2ccncc2NC(=O)c2c(N)nn3cc(Cl)cnc23)CC1.CN1CCN(c2c(Cl)cncc2NC(=O)c2c(N)nn3cc(Cl)cnc23)CC1.Nc1nn2cc(Cl)cnc2c1C(=O)Nc1cnccc1N1C2CCC1CC(O)C2.Nc1nn2cc(Cl)cnc2c1C(=O)Nc1cnccc1N1CCn2ccnc2C1. The van der Waals surface area contributed by atoms with Crippen LogP contribution in [0.25, 0.3) is 28.2 Å². The first-order valence-electron chi connectivity index (χ1n) is 45.9. The lowest BCUT2D eigenvalue weighted by molar-refractivity contribution is 0.102. The molecule has 22 rings (SSSR count). The van der Waals surface area contributed by atoms with Crippen molar-refractivity contribution in [2.24, 2.45) is 5.92 Å². The molecule has 0 aliphatic carbocycles. The third-order valence-electron chi connectivity index (χ3n) is 25.3. The van der Waals surface area contributed by atoms with Crippen molar-refractivity contribution in [3.8, 4) is 0 Å². The van der Waals surface area contributed by atoms with Crippen LogP contribution in [0.15, 0.2) is 161 Å². The molecule has 0 spiro atoms. The molecule has 2 unspecified atom stereocenters. The summed E-state index contributed by atoms with van der Waals surface area (Å²) in [6, 6.07) is 8.12. The zero-order valence-electron chi connectivity index (χ0n) is 78.2. The lowest BCUT2D eigenvalue weighted by Gasteiger charge is -2.39. The monoisotopic (exact) mass is 2070 g/mol. The molecule has 0 saturated carbocycles. The highest BCUT2D eigenvalue weighted by molar-refractivity contribution is 6.34. The molecule has 2 atom stereocenters. The number of imidazole rings is 1. The van der Waals surface area contributed by atoms with Crippen LogP contribution in [-0.4, -0.2) is 282 Å². The van der Waals surface area contributed by atoms with Crippen molar-refractivity contribution in [1.29, 1.82) is 0 Å². The summed E-state index contributed by atoms with van der Waals surface area (Å²) in [6.45, 7) is 12.4. The summed E-state index contributed by atoms with van der Waals surface area (Å²) in [5, 5.41) is 47.7. The molecule has 5 amide bonds. The molecule has 6 aliphatic heterocycles. The number of nitrogens with two attached hydrogens (primary N) is 5. The third-order valence-corrected chi connectivity index (χ3v) is 26.6. The van der Waals surface area contributed by atoms with Crippen molar-refractivity contribution in [2.45, 2.75) is 76.2 Å². The molecule has 2 bridgehead atoms. The number of carbonyl (C=O) groups is 5. The minimum Gasteiger partial charge on any atom is -0.393 e. The van der Waals surface area contributed by atoms with E-state index in [4.69, 9.17) is 98.3 Å². The van der Waals surface area contributed by atoms with E-state index in [1.54, 1.807) is 93.0 Å². The summed E-state index contributed by atoms with van der Waals surface area (Å²) in [5.41, 5.74) is 39.8. The minimum absolute atomic E-state index is 0.0587. The Morgan fingerprint density at radius 3 is 1.12 bits per heavy atom. The van der Waals surface area contributed by atoms with Crippen molar-refractivity contribution >= 4 is 213 Å². The van der Waals surface area contributed by atoms with E-state index in [-0.39, 0.29) is 86.9 Å². The first-order valence-corrected chi connectivity index (χ1v) is 48.2. The predicted molar refractivity (Wildman–Crippen MR) is 553 cm³/mol. The Balaban J connectivity index is 0.000000118. The average Bonchev–Trinajstić information content (AvgIpc) is 1.59. The Labute approximate surface area is 852 Å². The number of halogens is 6. The molecule has 144 heavy (non-hydrogen) atoms. The summed E-state index contributed by atoms with van der Waals surface area (Å²) in [4.78, 5) is 129. The largest absolute Gasteiger partial charge is 0.393 e. The molecule has 0 radical (unpaired) electrons. The zero-order chi connectivity index (χ0) is 101. The normalized spacial score (nSPS) is 16.6. The summed E-state index contributed by atoms with van der Waals surface area (Å²) in [6.07, 6.45) is 41.8. The van der Waals surface area contributed by atoms with Crippen LogP contribution in [-0.2, 0) is 13.1 Å². The fourth-order valence-corrected chi connectivity index (χ4v) is 19.6. The van der Waals surface area contributed by atoms with Gasteiger partial charge in [-0.05, 0) is 110 Å². The molecule has 5 fully saturated rings. The number of nitrogen functional groups attached to an aromatic ring is 5. The van der Waals surface area contributed by atoms with E-state index in [1.807, 2.05) is 30.5 Å². The molecular weight excluding hydrogens is 1970 g/mol. The number of fused-ring (bicyclic) bond motifs is 8. The van der Waals surface area contributed by atoms with Crippen LogP contribution in [0.3, 0.4) is 0 Å². The number of likely N-dealkylation sites (N-methyl/N-ethyl adjacent to an activating group) is 2. The van der Waals surface area contributed by atoms with Gasteiger partial charge >= 0.3 is 0 Å². The number of amides is 5. The number of rotatable bonds is 17. The fraction of sp³-hybridized carbons (Fsp3) is 0.315. The van der Waals surface area contributed by atoms with E-state index in [0.29, 0.717) is 99.3 Å². The third kappa shape index (κ3) is 22.0. The van der Waals surface area contributed by atoms with E-state index in [2.05, 4.69) is 179 Å². The van der Waals surface area contributed by atoms with Gasteiger partial charge in [-0.1, -0.05) is 69.6 Å². The van der Waals surface area contributed by atoms with Crippen LogP contribution in [0.1, 0.15) is 103 Å². The van der Waals surface area contributed by atoms with Gasteiger partial charge in [-0.3, -0.25) is 48.9 Å². The van der Waals surface area contributed by atoms with E-state index >= 15 is 0 Å². The van der Waals surface area contributed by atoms with Gasteiger partial charge in [-0.25, -0.2) is 52.5 Å². The molecule has 46 nitrogen and oxygen atoms in total. The van der Waals surface area contributed by atoms with Gasteiger partial charge in [0.05, 0.1) is 162 Å². The summed E-state index contributed by atoms with van der Waals surface area (Å²) < 4.78 is 9.09. The van der Waals surface area contributed by atoms with Crippen LogP contribution in [0.2, 0.25) is 30.1 Å². The van der Waals surface area contributed by atoms with E-state index in [9.17, 15) is 29.1 Å². The Hall–Kier alpha value is -15.0. The number of hydrogen-bond donors (Lipinski definition) is 11. The number of nitrogens with one attached hydrogen (secondary N) is 5. The number of piperazine rings is 1. The van der Waals surface area contributed by atoms with Gasteiger partial charge in [-0.2, -0.15) is 0 Å². The Morgan fingerprint density at radius 2 is 0.722 bits per heavy atom. The van der Waals surface area contributed by atoms with Gasteiger partial charge in [0.25, 0.3) is 29.5 Å². The molecule has 16 aromatic heterocycles. The summed E-state index contributed by atoms with van der Waals surface area (Å²) >= 11 is 36.1. The number of aliphatic hydroxyl groups excluding tert-OH is 1. The standard InChI is InChI=1S/C20H25ClN8O.C19H20ClN7O2.C18H16ClN9O.C18H21ClN8O.C17H18Cl2N8O/c1-27(2)11-13-4-7-28(8-5-13)16-3-6-23-10-15(16)25-20(30)17-18(22)26-29-12-14(21)9-24-19(17)29;20-10-7-23-18-16(17(21)25-26(18)9-10)19(29)24-14-8-22-4-3-15(14)27-11-1-2-12(27)6-13(28)5-11;19-11-7-23-17-15(16(20)25-28(17)9-11)18(29)24-12-8-21-2-1-13(12)27-6-5-26-4-3-22-14(26)10-27;1-25-5-2-6-26(8-7-25)14-3-4-21-10-13(14)23-18(28)15-16(20)24-27-11-12(19)9-22-17(15)27;1-25-2-4-26(5-3-25)14-11(19)7-21-8-12(14)23-17(28)13-15(20)24-27-9-10(18)6-22-16(13)27/h3,6,9-10,12-13H,4-5,7-8,11H2,1-2H3,(H2,22,26)(H,25,30);3-4,7-9,11-13,28H,1-2,5-6H2,(H2,21,25)(H,24,29);1-4,7-9H,5-6,10H2,(H2,20,25)(H,24,29);3-4,9-11H,2,5-8H2,1H3,(H2,20,24)(H,23,28);6-9H,2-5H2,1H3,(H2,20,24)(H,23,28). The van der Waals surface area contributed by atoms with E-state index in [0.717, 1.165) is 164 Å². The second-order valence-corrected chi connectivity index (χ2v) is 38.0. The van der Waals surface area contributed by atoms with Gasteiger partial charge in [0, 0.05) is 165 Å². The second kappa shape index (κ2) is 43.4. The minimum atomic E-state index is -0.443. The van der Waals surface area contributed by atoms with Crippen molar-refractivity contribution in [3.05, 3.63) is 224 Å². The molecule has 22 heterocycles. The predicted octanol–water partition coefficient (Wildman–Crippen LogP) is 10.1. The number of hydrogen-bond acceptors (Lipinski definition) is 35. The maximum Gasteiger partial charge on any atom is 0.263 e. The maximum atomic E-state index is 13.1. The van der Waals surface area contributed by atoms with Crippen LogP contribution in [0, 0.1) is 5.92 Å². The van der Waals surface area contributed by atoms with Crippen molar-refractivity contribution in [1.82, 2.24) is 122 Å². The first kappa shape index (κ1) is 99.1. The zero-order valence-corrected chi connectivity index (χ0v) is 82.8. The van der Waals surface area contributed by atoms with Crippen LogP contribution in [0.4, 0.5) is 86.0 Å². The number of aromatic nitrogens is 22. The van der Waals surface area contributed by atoms with Crippen LogP contribution < -0.4 is 79.8 Å². The Kier molecular flexibility index (Phi) is 29.9.